The highest BCUT2D eigenvalue weighted by Crippen LogP contribution is 2.36. The summed E-state index contributed by atoms with van der Waals surface area (Å²) in [5.74, 6) is -0.528. The monoisotopic (exact) mass is 352 g/mol. The van der Waals surface area contributed by atoms with Crippen molar-refractivity contribution < 1.29 is 13.2 Å². The standard InChI is InChI=1S/C16H11ClF2N2OS/c1-9(23-14-6-5-12(18)8-13(14)19)15-20-21-16(22-15)10-3-2-4-11(17)7-10/h2-9H,1H3/t9-/m1/s1. The van der Waals surface area contributed by atoms with Gasteiger partial charge in [-0.05, 0) is 37.3 Å². The molecule has 1 atom stereocenters. The van der Waals surface area contributed by atoms with E-state index in [1.165, 1.54) is 23.9 Å². The third-order valence-electron chi connectivity index (χ3n) is 3.06. The van der Waals surface area contributed by atoms with Crippen LogP contribution in [0, 0.1) is 11.6 Å². The Morgan fingerprint density at radius 2 is 1.96 bits per heavy atom. The van der Waals surface area contributed by atoms with Crippen LogP contribution in [-0.4, -0.2) is 10.2 Å². The second kappa shape index (κ2) is 6.68. The molecule has 0 amide bonds. The highest BCUT2D eigenvalue weighted by molar-refractivity contribution is 7.99. The summed E-state index contributed by atoms with van der Waals surface area (Å²) < 4.78 is 32.3. The second-order valence-corrected chi connectivity index (χ2v) is 6.61. The lowest BCUT2D eigenvalue weighted by molar-refractivity contribution is 0.508. The number of halogens is 3. The highest BCUT2D eigenvalue weighted by atomic mass is 35.5. The number of hydrogen-bond donors (Lipinski definition) is 0. The highest BCUT2D eigenvalue weighted by Gasteiger charge is 2.18. The van der Waals surface area contributed by atoms with Gasteiger partial charge in [-0.2, -0.15) is 0 Å². The van der Waals surface area contributed by atoms with Crippen molar-refractivity contribution in [3.8, 4) is 11.5 Å². The molecule has 0 saturated carbocycles. The van der Waals surface area contributed by atoms with Gasteiger partial charge in [-0.1, -0.05) is 17.7 Å². The Bertz CT molecular complexity index is 840. The fraction of sp³-hybridized carbons (Fsp3) is 0.125. The Morgan fingerprint density at radius 3 is 2.70 bits per heavy atom. The molecule has 0 aliphatic carbocycles. The molecule has 3 rings (SSSR count). The Balaban J connectivity index is 1.79. The summed E-state index contributed by atoms with van der Waals surface area (Å²) in [7, 11) is 0. The summed E-state index contributed by atoms with van der Waals surface area (Å²) in [5, 5.41) is 8.26. The maximum Gasteiger partial charge on any atom is 0.247 e. The SMILES string of the molecule is C[C@@H](Sc1ccc(F)cc1F)c1nnc(-c2cccc(Cl)c2)o1. The van der Waals surface area contributed by atoms with Crippen molar-refractivity contribution in [2.75, 3.05) is 0 Å². The van der Waals surface area contributed by atoms with E-state index in [4.69, 9.17) is 16.0 Å². The Labute approximate surface area is 140 Å². The van der Waals surface area contributed by atoms with Gasteiger partial charge in [0, 0.05) is 21.5 Å². The van der Waals surface area contributed by atoms with Crippen LogP contribution in [0.15, 0.2) is 51.8 Å². The number of benzene rings is 2. The van der Waals surface area contributed by atoms with Crippen molar-refractivity contribution in [3.05, 3.63) is 65.0 Å². The minimum absolute atomic E-state index is 0.282. The molecule has 0 bridgehead atoms. The fourth-order valence-electron chi connectivity index (χ4n) is 1.95. The largest absolute Gasteiger partial charge is 0.419 e. The van der Waals surface area contributed by atoms with E-state index in [0.29, 0.717) is 27.3 Å². The third-order valence-corrected chi connectivity index (χ3v) is 4.43. The van der Waals surface area contributed by atoms with E-state index < -0.39 is 11.6 Å². The summed E-state index contributed by atoms with van der Waals surface area (Å²) in [5.41, 5.74) is 0.710. The van der Waals surface area contributed by atoms with E-state index in [9.17, 15) is 8.78 Å². The molecule has 1 aromatic heterocycles. The predicted molar refractivity (Wildman–Crippen MR) is 85.4 cm³/mol. The minimum atomic E-state index is -0.614. The zero-order valence-corrected chi connectivity index (χ0v) is 13.5. The summed E-state index contributed by atoms with van der Waals surface area (Å²) >= 11 is 7.12. The van der Waals surface area contributed by atoms with Gasteiger partial charge in [-0.15, -0.1) is 22.0 Å². The number of nitrogens with zero attached hydrogens (tertiary/aromatic N) is 2. The first-order chi connectivity index (χ1) is 11.0. The Morgan fingerprint density at radius 1 is 1.13 bits per heavy atom. The van der Waals surface area contributed by atoms with E-state index >= 15 is 0 Å². The van der Waals surface area contributed by atoms with Gasteiger partial charge >= 0.3 is 0 Å². The average Bonchev–Trinajstić information content (AvgIpc) is 3.00. The van der Waals surface area contributed by atoms with Gasteiger partial charge in [0.2, 0.25) is 11.8 Å². The van der Waals surface area contributed by atoms with Crippen LogP contribution < -0.4 is 0 Å². The van der Waals surface area contributed by atoms with Crippen molar-refractivity contribution in [3.63, 3.8) is 0 Å². The van der Waals surface area contributed by atoms with Crippen molar-refractivity contribution in [1.29, 1.82) is 0 Å². The molecular weight excluding hydrogens is 342 g/mol. The van der Waals surface area contributed by atoms with Crippen molar-refractivity contribution in [1.82, 2.24) is 10.2 Å². The molecule has 0 radical (unpaired) electrons. The van der Waals surface area contributed by atoms with Crippen LogP contribution in [0.1, 0.15) is 18.1 Å². The lowest BCUT2D eigenvalue weighted by Crippen LogP contribution is -1.91. The van der Waals surface area contributed by atoms with E-state index in [2.05, 4.69) is 10.2 Å². The zero-order valence-electron chi connectivity index (χ0n) is 12.0. The van der Waals surface area contributed by atoms with Gasteiger partial charge in [0.05, 0.1) is 5.25 Å². The summed E-state index contributed by atoms with van der Waals surface area (Å²) in [6.45, 7) is 1.81. The lowest BCUT2D eigenvalue weighted by atomic mass is 10.2. The molecule has 0 aliphatic rings. The van der Waals surface area contributed by atoms with Crippen LogP contribution in [0.25, 0.3) is 11.5 Å². The van der Waals surface area contributed by atoms with Crippen LogP contribution in [-0.2, 0) is 0 Å². The smallest absolute Gasteiger partial charge is 0.247 e. The molecule has 7 heteroatoms. The van der Waals surface area contributed by atoms with Gasteiger partial charge in [0.25, 0.3) is 0 Å². The summed E-state index contributed by atoms with van der Waals surface area (Å²) in [4.78, 5) is 0.321. The maximum atomic E-state index is 13.7. The molecule has 118 valence electrons. The number of aromatic nitrogens is 2. The van der Waals surface area contributed by atoms with Crippen LogP contribution >= 0.6 is 23.4 Å². The lowest BCUT2D eigenvalue weighted by Gasteiger charge is -2.07. The van der Waals surface area contributed by atoms with Crippen LogP contribution in [0.3, 0.4) is 0 Å². The summed E-state index contributed by atoms with van der Waals surface area (Å²) in [6.07, 6.45) is 0. The van der Waals surface area contributed by atoms with Gasteiger partial charge in [0.1, 0.15) is 11.6 Å². The van der Waals surface area contributed by atoms with Crippen LogP contribution in [0.4, 0.5) is 8.78 Å². The van der Waals surface area contributed by atoms with Crippen molar-refractivity contribution >= 4 is 23.4 Å². The predicted octanol–water partition coefficient (Wildman–Crippen LogP) is 5.52. The molecule has 2 aromatic carbocycles. The molecular formula is C16H11ClF2N2OS. The maximum absolute atomic E-state index is 13.7. The minimum Gasteiger partial charge on any atom is -0.419 e. The Kier molecular flexibility index (Phi) is 4.63. The van der Waals surface area contributed by atoms with E-state index in [0.717, 1.165) is 6.07 Å². The average molecular weight is 353 g/mol. The molecule has 0 aliphatic heterocycles. The first-order valence-corrected chi connectivity index (χ1v) is 8.00. The van der Waals surface area contributed by atoms with Gasteiger partial charge in [-0.25, -0.2) is 8.78 Å². The van der Waals surface area contributed by atoms with Gasteiger partial charge in [-0.3, -0.25) is 0 Å². The first kappa shape index (κ1) is 16.0. The van der Waals surface area contributed by atoms with Crippen molar-refractivity contribution in [2.45, 2.75) is 17.1 Å². The van der Waals surface area contributed by atoms with Crippen LogP contribution in [0.5, 0.6) is 0 Å². The molecule has 3 nitrogen and oxygen atoms in total. The number of hydrogen-bond acceptors (Lipinski definition) is 4. The molecule has 23 heavy (non-hydrogen) atoms. The summed E-state index contributed by atoms with van der Waals surface area (Å²) in [6, 6.07) is 10.5. The first-order valence-electron chi connectivity index (χ1n) is 6.74. The fourth-order valence-corrected chi connectivity index (χ4v) is 3.03. The van der Waals surface area contributed by atoms with E-state index in [1.807, 2.05) is 6.92 Å². The van der Waals surface area contributed by atoms with E-state index in [1.54, 1.807) is 24.3 Å². The van der Waals surface area contributed by atoms with Gasteiger partial charge < -0.3 is 4.42 Å². The van der Waals surface area contributed by atoms with E-state index in [-0.39, 0.29) is 5.25 Å². The normalized spacial score (nSPS) is 12.3. The zero-order chi connectivity index (χ0) is 16.4. The topological polar surface area (TPSA) is 38.9 Å². The molecule has 1 heterocycles. The number of thioether (sulfide) groups is 1. The molecule has 0 unspecified atom stereocenters. The van der Waals surface area contributed by atoms with Crippen molar-refractivity contribution in [2.24, 2.45) is 0 Å². The third kappa shape index (κ3) is 3.71. The molecule has 0 spiro atoms. The molecule has 0 saturated heterocycles. The Hall–Kier alpha value is -1.92. The second-order valence-electron chi connectivity index (χ2n) is 4.79. The quantitative estimate of drug-likeness (QED) is 0.579. The molecule has 0 fully saturated rings. The molecule has 0 N–H and O–H groups in total. The number of rotatable bonds is 4. The molecule has 3 aromatic rings. The van der Waals surface area contributed by atoms with Gasteiger partial charge in [0.15, 0.2) is 0 Å². The van der Waals surface area contributed by atoms with Crippen LogP contribution in [0.2, 0.25) is 5.02 Å².